The van der Waals surface area contributed by atoms with E-state index in [2.05, 4.69) is 10.6 Å². The Morgan fingerprint density at radius 2 is 1.82 bits per heavy atom. The highest BCUT2D eigenvalue weighted by Gasteiger charge is 2.13. The molecule has 2 N–H and O–H groups in total. The number of rotatable bonds is 3. The van der Waals surface area contributed by atoms with E-state index in [-0.39, 0.29) is 11.7 Å². The molecule has 0 heterocycles. The lowest BCUT2D eigenvalue weighted by atomic mass is 10.0. The van der Waals surface area contributed by atoms with Crippen LogP contribution in [0.4, 0.5) is 19.3 Å². The molecule has 3 nitrogen and oxygen atoms in total. The van der Waals surface area contributed by atoms with Gasteiger partial charge >= 0.3 is 6.03 Å². The highest BCUT2D eigenvalue weighted by molar-refractivity contribution is 5.89. The number of urea groups is 1. The Bertz CT molecular complexity index is 701. The number of nitrogens with one attached hydrogen (secondary N) is 2. The van der Waals surface area contributed by atoms with E-state index in [1.807, 2.05) is 39.0 Å². The van der Waals surface area contributed by atoms with Crippen LogP contribution in [-0.2, 0) is 0 Å². The normalized spacial score (nSPS) is 11.9. The van der Waals surface area contributed by atoms with Gasteiger partial charge in [-0.3, -0.25) is 0 Å². The Hall–Kier alpha value is -2.43. The minimum absolute atomic E-state index is 0.0629. The molecule has 0 saturated carbocycles. The Labute approximate surface area is 128 Å². The number of hydrogen-bond acceptors (Lipinski definition) is 1. The van der Waals surface area contributed by atoms with Crippen LogP contribution in [-0.4, -0.2) is 6.03 Å². The molecule has 2 aromatic carbocycles. The molecule has 0 radical (unpaired) electrons. The topological polar surface area (TPSA) is 41.1 Å². The SMILES string of the molecule is Cc1ccc(C)c(C(C)NC(=O)Nc2ccc(F)cc2F)c1. The second-order valence-electron chi connectivity index (χ2n) is 5.30. The number of aryl methyl sites for hydroxylation is 2. The average molecular weight is 304 g/mol. The summed E-state index contributed by atoms with van der Waals surface area (Å²) in [4.78, 5) is 11.9. The molecule has 0 bridgehead atoms. The second kappa shape index (κ2) is 6.56. The predicted octanol–water partition coefficient (Wildman–Crippen LogP) is 4.46. The quantitative estimate of drug-likeness (QED) is 0.863. The summed E-state index contributed by atoms with van der Waals surface area (Å²) >= 11 is 0. The van der Waals surface area contributed by atoms with Crippen LogP contribution in [0.25, 0.3) is 0 Å². The molecule has 2 amide bonds. The van der Waals surface area contributed by atoms with Gasteiger partial charge in [-0.15, -0.1) is 0 Å². The molecular weight excluding hydrogens is 286 g/mol. The van der Waals surface area contributed by atoms with Crippen molar-refractivity contribution in [3.05, 3.63) is 64.7 Å². The van der Waals surface area contributed by atoms with Gasteiger partial charge in [0.25, 0.3) is 0 Å². The van der Waals surface area contributed by atoms with E-state index in [4.69, 9.17) is 0 Å². The Morgan fingerprint density at radius 3 is 2.50 bits per heavy atom. The fraction of sp³-hybridized carbons (Fsp3) is 0.235. The van der Waals surface area contributed by atoms with Crippen molar-refractivity contribution < 1.29 is 13.6 Å². The summed E-state index contributed by atoms with van der Waals surface area (Å²) < 4.78 is 26.3. The van der Waals surface area contributed by atoms with Gasteiger partial charge in [-0.2, -0.15) is 0 Å². The first-order valence-corrected chi connectivity index (χ1v) is 6.96. The smallest absolute Gasteiger partial charge is 0.319 e. The van der Waals surface area contributed by atoms with Gasteiger partial charge in [-0.1, -0.05) is 23.8 Å². The second-order valence-corrected chi connectivity index (χ2v) is 5.30. The zero-order valence-electron chi connectivity index (χ0n) is 12.7. The highest BCUT2D eigenvalue weighted by Crippen LogP contribution is 2.19. The van der Waals surface area contributed by atoms with Gasteiger partial charge in [-0.25, -0.2) is 13.6 Å². The van der Waals surface area contributed by atoms with E-state index in [1.165, 1.54) is 6.07 Å². The van der Waals surface area contributed by atoms with E-state index >= 15 is 0 Å². The molecule has 1 atom stereocenters. The van der Waals surface area contributed by atoms with Gasteiger partial charge in [0.1, 0.15) is 11.6 Å². The van der Waals surface area contributed by atoms with Crippen LogP contribution in [0.15, 0.2) is 36.4 Å². The van der Waals surface area contributed by atoms with Crippen LogP contribution in [0.3, 0.4) is 0 Å². The lowest BCUT2D eigenvalue weighted by molar-refractivity contribution is 0.249. The molecule has 0 saturated heterocycles. The summed E-state index contributed by atoms with van der Waals surface area (Å²) in [5.41, 5.74) is 3.09. The van der Waals surface area contributed by atoms with Crippen LogP contribution < -0.4 is 10.6 Å². The molecule has 0 spiro atoms. The maximum atomic E-state index is 13.5. The first-order chi connectivity index (χ1) is 10.4. The summed E-state index contributed by atoms with van der Waals surface area (Å²) in [5.74, 6) is -1.50. The van der Waals surface area contributed by atoms with Crippen molar-refractivity contribution in [2.75, 3.05) is 5.32 Å². The first-order valence-electron chi connectivity index (χ1n) is 6.96. The molecule has 2 aromatic rings. The molecule has 0 aliphatic carbocycles. The molecule has 5 heteroatoms. The first kappa shape index (κ1) is 15.9. The highest BCUT2D eigenvalue weighted by atomic mass is 19.1. The lowest BCUT2D eigenvalue weighted by Gasteiger charge is -2.18. The van der Waals surface area contributed by atoms with Gasteiger partial charge in [-0.05, 0) is 44.0 Å². The van der Waals surface area contributed by atoms with Crippen molar-refractivity contribution in [1.29, 1.82) is 0 Å². The average Bonchev–Trinajstić information content (AvgIpc) is 2.44. The molecule has 0 aliphatic rings. The van der Waals surface area contributed by atoms with Crippen LogP contribution in [0, 0.1) is 25.5 Å². The van der Waals surface area contributed by atoms with Crippen molar-refractivity contribution in [3.8, 4) is 0 Å². The minimum Gasteiger partial charge on any atom is -0.331 e. The number of carbonyl (C=O) groups excluding carboxylic acids is 1. The van der Waals surface area contributed by atoms with Crippen LogP contribution in [0.2, 0.25) is 0 Å². The fourth-order valence-corrected chi connectivity index (χ4v) is 2.25. The van der Waals surface area contributed by atoms with Crippen molar-refractivity contribution in [2.45, 2.75) is 26.8 Å². The number of amides is 2. The molecule has 2 rings (SSSR count). The number of halogens is 2. The third kappa shape index (κ3) is 3.81. The maximum absolute atomic E-state index is 13.5. The predicted molar refractivity (Wildman–Crippen MR) is 82.8 cm³/mol. The Kier molecular flexibility index (Phi) is 4.75. The van der Waals surface area contributed by atoms with Crippen LogP contribution >= 0.6 is 0 Å². The monoisotopic (exact) mass is 304 g/mol. The van der Waals surface area contributed by atoms with Crippen molar-refractivity contribution in [3.63, 3.8) is 0 Å². The zero-order chi connectivity index (χ0) is 16.3. The van der Waals surface area contributed by atoms with Gasteiger partial charge in [0.05, 0.1) is 11.7 Å². The number of carbonyl (C=O) groups is 1. The van der Waals surface area contributed by atoms with Gasteiger partial charge in [0.15, 0.2) is 0 Å². The summed E-state index contributed by atoms with van der Waals surface area (Å²) in [6, 6.07) is 8.21. The standard InChI is InChI=1S/C17H18F2N2O/c1-10-4-5-11(2)14(8-10)12(3)20-17(22)21-16-7-6-13(18)9-15(16)19/h4-9,12H,1-3H3,(H2,20,21,22). The van der Waals surface area contributed by atoms with E-state index < -0.39 is 17.7 Å². The number of hydrogen-bond donors (Lipinski definition) is 2. The number of anilines is 1. The summed E-state index contributed by atoms with van der Waals surface area (Å²) in [6.07, 6.45) is 0. The molecule has 0 fully saturated rings. The zero-order valence-corrected chi connectivity index (χ0v) is 12.7. The molecule has 0 aromatic heterocycles. The van der Waals surface area contributed by atoms with E-state index in [9.17, 15) is 13.6 Å². The van der Waals surface area contributed by atoms with E-state index in [0.29, 0.717) is 0 Å². The third-order valence-corrected chi connectivity index (χ3v) is 3.43. The largest absolute Gasteiger partial charge is 0.331 e. The van der Waals surface area contributed by atoms with Crippen molar-refractivity contribution in [2.24, 2.45) is 0 Å². The minimum atomic E-state index is -0.811. The fourth-order valence-electron chi connectivity index (χ4n) is 2.25. The summed E-state index contributed by atoms with van der Waals surface area (Å²) in [7, 11) is 0. The maximum Gasteiger partial charge on any atom is 0.319 e. The van der Waals surface area contributed by atoms with Gasteiger partial charge in [0.2, 0.25) is 0 Å². The molecule has 0 aliphatic heterocycles. The molecular formula is C17H18F2N2O. The van der Waals surface area contributed by atoms with Gasteiger partial charge < -0.3 is 10.6 Å². The third-order valence-electron chi connectivity index (χ3n) is 3.43. The van der Waals surface area contributed by atoms with Crippen molar-refractivity contribution in [1.82, 2.24) is 5.32 Å². The van der Waals surface area contributed by atoms with Crippen LogP contribution in [0.1, 0.15) is 29.7 Å². The lowest BCUT2D eigenvalue weighted by Crippen LogP contribution is -2.31. The molecule has 1 unspecified atom stereocenters. The molecule has 22 heavy (non-hydrogen) atoms. The number of benzene rings is 2. The van der Waals surface area contributed by atoms with E-state index in [0.717, 1.165) is 28.8 Å². The van der Waals surface area contributed by atoms with Gasteiger partial charge in [0, 0.05) is 6.07 Å². The molecule has 116 valence electrons. The summed E-state index contributed by atoms with van der Waals surface area (Å²) in [5, 5.41) is 5.12. The van der Waals surface area contributed by atoms with E-state index in [1.54, 1.807) is 0 Å². The van der Waals surface area contributed by atoms with Crippen molar-refractivity contribution >= 4 is 11.7 Å². The van der Waals surface area contributed by atoms with Crippen LogP contribution in [0.5, 0.6) is 0 Å². The Balaban J connectivity index is 2.06. The Morgan fingerprint density at radius 1 is 1.09 bits per heavy atom. The summed E-state index contributed by atoms with van der Waals surface area (Å²) in [6.45, 7) is 5.79.